The summed E-state index contributed by atoms with van der Waals surface area (Å²) in [6, 6.07) is 7.75. The molecule has 1 aliphatic heterocycles. The molecule has 1 aromatic rings. The molecule has 0 saturated heterocycles. The summed E-state index contributed by atoms with van der Waals surface area (Å²) in [5.41, 5.74) is 2.07. The van der Waals surface area contributed by atoms with Gasteiger partial charge in [-0.15, -0.1) is 0 Å². The van der Waals surface area contributed by atoms with Crippen LogP contribution >= 0.6 is 0 Å². The highest BCUT2D eigenvalue weighted by molar-refractivity contribution is 5.32. The zero-order chi connectivity index (χ0) is 6.97. The minimum absolute atomic E-state index is 0.0983. The maximum absolute atomic E-state index is 10.8. The van der Waals surface area contributed by atoms with Crippen molar-refractivity contribution < 1.29 is 5.06 Å². The minimum Gasteiger partial charge on any atom is -0.633 e. The summed E-state index contributed by atoms with van der Waals surface area (Å²) in [4.78, 5) is 0. The predicted octanol–water partition coefficient (Wildman–Crippen LogP) is -0.0302. The Kier molecular flexibility index (Phi) is 1.22. The average molecular weight is 133 g/mol. The van der Waals surface area contributed by atoms with Gasteiger partial charge in [0.1, 0.15) is 6.54 Å². The Balaban J connectivity index is 2.42. The van der Waals surface area contributed by atoms with E-state index in [2.05, 4.69) is 6.54 Å². The lowest BCUT2D eigenvalue weighted by Crippen LogP contribution is -3.01. The normalized spacial score (nSPS) is 17.3. The van der Waals surface area contributed by atoms with Crippen molar-refractivity contribution in [3.63, 3.8) is 0 Å². The number of fused-ring (bicyclic) bond motifs is 1. The molecule has 0 fully saturated rings. The van der Waals surface area contributed by atoms with Crippen LogP contribution in [0.4, 0.5) is 0 Å². The van der Waals surface area contributed by atoms with Gasteiger partial charge in [-0.1, -0.05) is 24.3 Å². The van der Waals surface area contributed by atoms with Crippen LogP contribution < -0.4 is 5.06 Å². The lowest BCUT2D eigenvalue weighted by atomic mass is 10.1. The molecule has 1 heterocycles. The van der Waals surface area contributed by atoms with Gasteiger partial charge in [0.15, 0.2) is 0 Å². The van der Waals surface area contributed by atoms with E-state index in [1.54, 1.807) is 0 Å². The molecule has 2 radical (unpaired) electrons. The van der Waals surface area contributed by atoms with Crippen LogP contribution in [0.2, 0.25) is 0 Å². The van der Waals surface area contributed by atoms with Gasteiger partial charge in [-0.2, -0.15) is 0 Å². The van der Waals surface area contributed by atoms with E-state index >= 15 is 0 Å². The molecule has 10 heavy (non-hydrogen) atoms. The van der Waals surface area contributed by atoms with Crippen LogP contribution in [-0.2, 0) is 6.54 Å². The molecule has 0 aromatic heterocycles. The van der Waals surface area contributed by atoms with Crippen LogP contribution in [0, 0.1) is 11.8 Å². The highest BCUT2D eigenvalue weighted by Crippen LogP contribution is 2.11. The van der Waals surface area contributed by atoms with E-state index in [4.69, 9.17) is 0 Å². The van der Waals surface area contributed by atoms with Gasteiger partial charge in [-0.3, -0.25) is 0 Å². The largest absolute Gasteiger partial charge is 0.633 e. The van der Waals surface area contributed by atoms with Crippen LogP contribution in [0.15, 0.2) is 24.3 Å². The first kappa shape index (κ1) is 5.89. The summed E-state index contributed by atoms with van der Waals surface area (Å²) in [5.74, 6) is 0. The highest BCUT2D eigenvalue weighted by Gasteiger charge is 2.17. The Hall–Kier alpha value is -0.860. The van der Waals surface area contributed by atoms with Gasteiger partial charge < -0.3 is 10.3 Å². The van der Waals surface area contributed by atoms with E-state index in [9.17, 15) is 5.21 Å². The number of quaternary nitrogens is 1. The third-order valence-corrected chi connectivity index (χ3v) is 1.64. The Bertz CT molecular complexity index is 222. The van der Waals surface area contributed by atoms with Gasteiger partial charge in [0.25, 0.3) is 6.54 Å². The van der Waals surface area contributed by atoms with E-state index in [0.717, 1.165) is 11.1 Å². The fraction of sp³-hybridized carbons (Fsp3) is 0.125. The monoisotopic (exact) mass is 133 g/mol. The van der Waals surface area contributed by atoms with Gasteiger partial charge in [0.2, 0.25) is 0 Å². The molecule has 0 aliphatic carbocycles. The van der Waals surface area contributed by atoms with E-state index in [1.807, 2.05) is 24.3 Å². The van der Waals surface area contributed by atoms with Crippen molar-refractivity contribution in [2.75, 3.05) is 0 Å². The molecule has 1 atom stereocenters. The van der Waals surface area contributed by atoms with Crippen molar-refractivity contribution >= 4 is 0 Å². The summed E-state index contributed by atoms with van der Waals surface area (Å²) in [6.07, 6.45) is 0. The molecule has 1 aliphatic rings. The number of rotatable bonds is 0. The van der Waals surface area contributed by atoms with Crippen molar-refractivity contribution in [1.82, 2.24) is 0 Å². The standard InChI is InChI=1S/C8H7NO/c10-9-5-7-3-1-2-4-8(7)6-9/h1-4,9H,5H2. The summed E-state index contributed by atoms with van der Waals surface area (Å²) in [7, 11) is 0. The Morgan fingerprint density at radius 3 is 3.00 bits per heavy atom. The number of hydroxylamine groups is 2. The highest BCUT2D eigenvalue weighted by atomic mass is 16.5. The van der Waals surface area contributed by atoms with Gasteiger partial charge in [0.05, 0.1) is 0 Å². The summed E-state index contributed by atoms with van der Waals surface area (Å²) in [6.45, 7) is 3.30. The Labute approximate surface area is 59.7 Å². The predicted molar refractivity (Wildman–Crippen MR) is 36.8 cm³/mol. The van der Waals surface area contributed by atoms with Gasteiger partial charge >= 0.3 is 0 Å². The molecule has 1 N–H and O–H groups in total. The number of hydrogen-bond donors (Lipinski definition) is 1. The molecule has 50 valence electrons. The third-order valence-electron chi connectivity index (χ3n) is 1.64. The average Bonchev–Trinajstić information content (AvgIpc) is 2.27. The molecule has 2 rings (SSSR count). The van der Waals surface area contributed by atoms with Crippen LogP contribution in [0.1, 0.15) is 11.1 Å². The van der Waals surface area contributed by atoms with Crippen molar-refractivity contribution in [3.8, 4) is 0 Å². The zero-order valence-electron chi connectivity index (χ0n) is 5.42. The second-order valence-electron chi connectivity index (χ2n) is 2.38. The van der Waals surface area contributed by atoms with Crippen molar-refractivity contribution in [3.05, 3.63) is 47.1 Å². The quantitative estimate of drug-likeness (QED) is 0.494. The van der Waals surface area contributed by atoms with Crippen LogP contribution in [0.5, 0.6) is 0 Å². The van der Waals surface area contributed by atoms with E-state index < -0.39 is 0 Å². The molecular weight excluding hydrogens is 126 g/mol. The molecule has 0 saturated carbocycles. The van der Waals surface area contributed by atoms with Gasteiger partial charge in [0, 0.05) is 11.1 Å². The molecule has 1 unspecified atom stereocenters. The first-order valence-corrected chi connectivity index (χ1v) is 3.24. The fourth-order valence-electron chi connectivity index (χ4n) is 1.16. The van der Waals surface area contributed by atoms with Crippen LogP contribution in [0.25, 0.3) is 0 Å². The van der Waals surface area contributed by atoms with Gasteiger partial charge in [-0.25, -0.2) is 0 Å². The number of nitrogens with one attached hydrogen (secondary N) is 1. The molecule has 1 aromatic carbocycles. The zero-order valence-corrected chi connectivity index (χ0v) is 5.42. The first-order valence-electron chi connectivity index (χ1n) is 3.24. The second-order valence-corrected chi connectivity index (χ2v) is 2.38. The minimum atomic E-state index is 0.0983. The Morgan fingerprint density at radius 1 is 1.40 bits per heavy atom. The molecule has 0 amide bonds. The maximum atomic E-state index is 10.8. The molecule has 2 nitrogen and oxygen atoms in total. The van der Waals surface area contributed by atoms with Crippen molar-refractivity contribution in [2.45, 2.75) is 6.54 Å². The second kappa shape index (κ2) is 2.08. The maximum Gasteiger partial charge on any atom is 0.257 e. The van der Waals surface area contributed by atoms with Crippen LogP contribution in [0.3, 0.4) is 0 Å². The van der Waals surface area contributed by atoms with Crippen LogP contribution in [-0.4, -0.2) is 0 Å². The van der Waals surface area contributed by atoms with Gasteiger partial charge in [-0.05, 0) is 0 Å². The number of hydrogen-bond acceptors (Lipinski definition) is 1. The number of benzene rings is 1. The van der Waals surface area contributed by atoms with Crippen molar-refractivity contribution in [1.29, 1.82) is 0 Å². The third kappa shape index (κ3) is 0.818. The lowest BCUT2D eigenvalue weighted by Gasteiger charge is -2.09. The van der Waals surface area contributed by atoms with E-state index in [0.29, 0.717) is 6.54 Å². The summed E-state index contributed by atoms with van der Waals surface area (Å²) < 4.78 is 0. The first-order chi connectivity index (χ1) is 4.86. The smallest absolute Gasteiger partial charge is 0.257 e. The molecule has 0 bridgehead atoms. The summed E-state index contributed by atoms with van der Waals surface area (Å²) in [5, 5.41) is 10.9. The van der Waals surface area contributed by atoms with E-state index in [-0.39, 0.29) is 5.06 Å². The topological polar surface area (TPSA) is 27.5 Å². The van der Waals surface area contributed by atoms with E-state index in [1.165, 1.54) is 0 Å². The molecule has 2 heteroatoms. The fourth-order valence-corrected chi connectivity index (χ4v) is 1.16. The Morgan fingerprint density at radius 2 is 2.20 bits per heavy atom. The van der Waals surface area contributed by atoms with Crippen molar-refractivity contribution in [2.24, 2.45) is 0 Å². The summed E-state index contributed by atoms with van der Waals surface area (Å²) >= 11 is 0. The lowest BCUT2D eigenvalue weighted by molar-refractivity contribution is -0.819. The molecular formula is C8H7NO. The SMILES string of the molecule is [O-][NH+]1[C]c2ccccc2C1. The molecule has 0 spiro atoms.